The van der Waals surface area contributed by atoms with Crippen LogP contribution >= 0.6 is 0 Å². The predicted molar refractivity (Wildman–Crippen MR) is 147 cm³/mol. The van der Waals surface area contributed by atoms with E-state index in [4.69, 9.17) is 9.47 Å². The molecule has 0 bridgehead atoms. The van der Waals surface area contributed by atoms with Crippen LogP contribution in [0, 0.1) is 0 Å². The maximum absolute atomic E-state index is 11.5. The molecule has 0 aliphatic rings. The van der Waals surface area contributed by atoms with E-state index in [1.54, 1.807) is 10.9 Å². The Bertz CT molecular complexity index is 1720. The van der Waals surface area contributed by atoms with Gasteiger partial charge in [-0.15, -0.1) is 0 Å². The van der Waals surface area contributed by atoms with Crippen LogP contribution in [-0.2, 0) is 6.42 Å². The molecule has 0 aliphatic carbocycles. The minimum absolute atomic E-state index is 0.248. The van der Waals surface area contributed by atoms with Crippen molar-refractivity contribution in [3.8, 4) is 28.4 Å². The highest BCUT2D eigenvalue weighted by molar-refractivity contribution is 5.98. The van der Waals surface area contributed by atoms with Gasteiger partial charge < -0.3 is 19.6 Å². The Hall–Kier alpha value is -5.04. The summed E-state index contributed by atoms with van der Waals surface area (Å²) in [6.45, 7) is 0.488. The third kappa shape index (κ3) is 4.57. The Labute approximate surface area is 218 Å². The number of aromatic amines is 1. The van der Waals surface area contributed by atoms with Gasteiger partial charge in [-0.25, -0.2) is 9.48 Å². The van der Waals surface area contributed by atoms with Gasteiger partial charge in [0.05, 0.1) is 17.8 Å². The van der Waals surface area contributed by atoms with E-state index < -0.39 is 6.16 Å². The molecule has 0 unspecified atom stereocenters. The molecule has 0 fully saturated rings. The van der Waals surface area contributed by atoms with Crippen molar-refractivity contribution < 1.29 is 19.4 Å². The van der Waals surface area contributed by atoms with Gasteiger partial charge in [0.25, 0.3) is 0 Å². The van der Waals surface area contributed by atoms with Crippen molar-refractivity contribution in [1.82, 2.24) is 14.8 Å². The summed E-state index contributed by atoms with van der Waals surface area (Å²) in [6, 6.07) is 30.1. The summed E-state index contributed by atoms with van der Waals surface area (Å²) in [6.07, 6.45) is 3.57. The zero-order valence-electron chi connectivity index (χ0n) is 20.5. The average molecular weight is 504 g/mol. The van der Waals surface area contributed by atoms with Gasteiger partial charge in [-0.2, -0.15) is 5.10 Å². The summed E-state index contributed by atoms with van der Waals surface area (Å²) in [5.74, 6) is 1.09. The van der Waals surface area contributed by atoms with Crippen LogP contribution in [0.25, 0.3) is 38.5 Å². The van der Waals surface area contributed by atoms with Gasteiger partial charge in [-0.1, -0.05) is 66.7 Å². The number of aryl methyl sites for hydroxylation is 1. The normalized spacial score (nSPS) is 11.2. The van der Waals surface area contributed by atoms with Crippen LogP contribution in [0.5, 0.6) is 11.6 Å². The summed E-state index contributed by atoms with van der Waals surface area (Å²) in [4.78, 5) is 14.7. The molecule has 0 saturated heterocycles. The number of carboxylic acid groups (broad SMARTS) is 1. The van der Waals surface area contributed by atoms with Crippen molar-refractivity contribution in [2.75, 3.05) is 6.61 Å². The second-order valence-electron chi connectivity index (χ2n) is 8.96. The second kappa shape index (κ2) is 10.1. The lowest BCUT2D eigenvalue weighted by Gasteiger charge is -2.10. The Balaban J connectivity index is 1.26. The Morgan fingerprint density at radius 2 is 1.68 bits per heavy atom. The van der Waals surface area contributed by atoms with Crippen molar-refractivity contribution in [2.24, 2.45) is 0 Å². The van der Waals surface area contributed by atoms with E-state index in [1.165, 1.54) is 0 Å². The topological polar surface area (TPSA) is 89.4 Å². The lowest BCUT2D eigenvalue weighted by molar-refractivity contribution is 0.142. The Kier molecular flexibility index (Phi) is 6.24. The summed E-state index contributed by atoms with van der Waals surface area (Å²) in [5, 5.41) is 16.8. The zero-order chi connectivity index (χ0) is 25.9. The molecule has 6 rings (SSSR count). The van der Waals surface area contributed by atoms with Crippen molar-refractivity contribution in [3.63, 3.8) is 0 Å². The molecule has 7 nitrogen and oxygen atoms in total. The molecule has 2 N–H and O–H groups in total. The molecule has 188 valence electrons. The Morgan fingerprint density at radius 1 is 0.895 bits per heavy atom. The number of nitrogens with one attached hydrogen (secondary N) is 1. The quantitative estimate of drug-likeness (QED) is 0.169. The Morgan fingerprint density at radius 3 is 2.50 bits per heavy atom. The molecule has 0 radical (unpaired) electrons. The largest absolute Gasteiger partial charge is 0.512 e. The first kappa shape index (κ1) is 23.4. The minimum atomic E-state index is -1.35. The van der Waals surface area contributed by atoms with Gasteiger partial charge >= 0.3 is 6.16 Å². The van der Waals surface area contributed by atoms with E-state index in [9.17, 15) is 9.90 Å². The molecule has 6 aromatic rings. The average Bonchev–Trinajstić information content (AvgIpc) is 3.59. The molecule has 7 heteroatoms. The van der Waals surface area contributed by atoms with E-state index in [1.807, 2.05) is 85.1 Å². The first-order chi connectivity index (χ1) is 18.7. The molecular weight excluding hydrogens is 478 g/mol. The van der Waals surface area contributed by atoms with Crippen LogP contribution in [0.4, 0.5) is 4.79 Å². The molecule has 0 saturated carbocycles. The number of H-pyrrole nitrogens is 1. The van der Waals surface area contributed by atoms with Crippen LogP contribution in [0.15, 0.2) is 103 Å². The fraction of sp³-hybridized carbons (Fsp3) is 0.0968. The number of rotatable bonds is 8. The van der Waals surface area contributed by atoms with Crippen LogP contribution in [0.3, 0.4) is 0 Å². The van der Waals surface area contributed by atoms with Gasteiger partial charge in [0.2, 0.25) is 5.88 Å². The number of fused-ring (bicyclic) bond motifs is 2. The van der Waals surface area contributed by atoms with Crippen molar-refractivity contribution in [3.05, 3.63) is 109 Å². The summed E-state index contributed by atoms with van der Waals surface area (Å²) in [5.41, 5.74) is 4.57. The van der Waals surface area contributed by atoms with Gasteiger partial charge in [0, 0.05) is 34.3 Å². The van der Waals surface area contributed by atoms with Crippen molar-refractivity contribution >= 4 is 27.8 Å². The van der Waals surface area contributed by atoms with E-state index in [2.05, 4.69) is 22.2 Å². The maximum Gasteiger partial charge on any atom is 0.512 e. The van der Waals surface area contributed by atoms with Gasteiger partial charge in [0.15, 0.2) is 0 Å². The lowest BCUT2D eigenvalue weighted by Crippen LogP contribution is -2.06. The van der Waals surface area contributed by atoms with Gasteiger partial charge in [-0.05, 0) is 48.1 Å². The molecule has 2 aromatic heterocycles. The fourth-order valence-corrected chi connectivity index (χ4v) is 4.88. The number of hydrogen-bond donors (Lipinski definition) is 2. The van der Waals surface area contributed by atoms with E-state index in [0.29, 0.717) is 19.4 Å². The highest BCUT2D eigenvalue weighted by Crippen LogP contribution is 2.36. The number of aromatic nitrogens is 3. The lowest BCUT2D eigenvalue weighted by atomic mass is 10.0. The summed E-state index contributed by atoms with van der Waals surface area (Å²) in [7, 11) is 0. The van der Waals surface area contributed by atoms with E-state index >= 15 is 0 Å². The van der Waals surface area contributed by atoms with Gasteiger partial charge in [0.1, 0.15) is 5.75 Å². The molecule has 0 aliphatic heterocycles. The highest BCUT2D eigenvalue weighted by Gasteiger charge is 2.18. The molecule has 38 heavy (non-hydrogen) atoms. The number of benzene rings is 4. The van der Waals surface area contributed by atoms with Crippen LogP contribution in [-0.4, -0.2) is 32.6 Å². The van der Waals surface area contributed by atoms with Crippen LogP contribution < -0.4 is 9.47 Å². The minimum Gasteiger partial charge on any atom is -0.493 e. The predicted octanol–water partition coefficient (Wildman–Crippen LogP) is 7.24. The molecule has 2 heterocycles. The first-order valence-electron chi connectivity index (χ1n) is 12.4. The molecule has 4 aromatic carbocycles. The third-order valence-electron chi connectivity index (χ3n) is 6.62. The molecular formula is C31H25N3O4. The number of hydrogen-bond acceptors (Lipinski definition) is 4. The van der Waals surface area contributed by atoms with Crippen LogP contribution in [0.1, 0.15) is 12.0 Å². The fourth-order valence-electron chi connectivity index (χ4n) is 4.88. The smallest absolute Gasteiger partial charge is 0.493 e. The van der Waals surface area contributed by atoms with Gasteiger partial charge in [-0.3, -0.25) is 0 Å². The highest BCUT2D eigenvalue weighted by atomic mass is 16.7. The molecule has 0 amide bonds. The van der Waals surface area contributed by atoms with Crippen molar-refractivity contribution in [1.29, 1.82) is 0 Å². The van der Waals surface area contributed by atoms with E-state index in [0.717, 1.165) is 49.8 Å². The molecule has 0 spiro atoms. The summed E-state index contributed by atoms with van der Waals surface area (Å²) >= 11 is 0. The number of para-hydroxylation sites is 1. The SMILES string of the molecule is O=C(O)Oc1[nH]c2c(-c3ccc(-n4cccn4)cc3)cccc2c1CCCOc1cccc2ccccc12. The number of carbonyl (C=O) groups is 1. The van der Waals surface area contributed by atoms with Crippen LogP contribution in [0.2, 0.25) is 0 Å². The maximum atomic E-state index is 11.5. The zero-order valence-corrected chi connectivity index (χ0v) is 20.5. The summed E-state index contributed by atoms with van der Waals surface area (Å²) < 4.78 is 13.1. The molecule has 0 atom stereocenters. The third-order valence-corrected chi connectivity index (χ3v) is 6.62. The monoisotopic (exact) mass is 503 g/mol. The second-order valence-corrected chi connectivity index (χ2v) is 8.96. The number of nitrogens with zero attached hydrogens (tertiary/aromatic N) is 2. The van der Waals surface area contributed by atoms with E-state index in [-0.39, 0.29) is 5.88 Å². The number of ether oxygens (including phenoxy) is 2. The standard InChI is InChI=1S/C31H25N3O4/c35-31(36)38-30-27(12-5-20-37-28-13-3-8-21-7-1-2-9-24(21)28)26-11-4-10-25(29(26)33-30)22-14-16-23(17-15-22)34-19-6-18-32-34/h1-4,6-11,13-19,33H,5,12,20H2,(H,35,36). The first-order valence-corrected chi connectivity index (χ1v) is 12.4. The van der Waals surface area contributed by atoms with Crippen molar-refractivity contribution in [2.45, 2.75) is 12.8 Å².